The average molecular weight is 381 g/mol. The van der Waals surface area contributed by atoms with Crippen molar-refractivity contribution >= 4 is 5.78 Å². The number of carbonyl (C=O) groups is 1. The number of ether oxygens (including phenoxy) is 2. The second kappa shape index (κ2) is 7.25. The van der Waals surface area contributed by atoms with Gasteiger partial charge in [-0.05, 0) is 55.9 Å². The van der Waals surface area contributed by atoms with Crippen LogP contribution in [0.15, 0.2) is 11.1 Å². The van der Waals surface area contributed by atoms with E-state index >= 15 is 0 Å². The third-order valence-corrected chi connectivity index (χ3v) is 7.42. The van der Waals surface area contributed by atoms with Crippen molar-refractivity contribution in [1.29, 1.82) is 0 Å². The molecule has 0 spiro atoms. The van der Waals surface area contributed by atoms with Gasteiger partial charge in [0, 0.05) is 18.9 Å². The normalized spacial score (nSPS) is 41.7. The van der Waals surface area contributed by atoms with Crippen LogP contribution in [0.2, 0.25) is 0 Å². The lowest BCUT2D eigenvalue weighted by Gasteiger charge is -2.56. The van der Waals surface area contributed by atoms with Crippen LogP contribution in [0.25, 0.3) is 0 Å². The van der Waals surface area contributed by atoms with E-state index in [1.165, 1.54) is 0 Å². The van der Waals surface area contributed by atoms with Crippen LogP contribution in [-0.2, 0) is 14.3 Å². The van der Waals surface area contributed by atoms with Crippen molar-refractivity contribution in [2.45, 2.75) is 91.1 Å². The minimum absolute atomic E-state index is 0.0735. The molecule has 5 heteroatoms. The standard InChI is InChI=1S/C22H36O5/c1-6-26-16-12-22(25,13-27-16)11-8-15-14(2)17(23)18(24)19-20(3,4)9-7-10-21(15,19)5/h16,18-19,24-25H,6-13H2,1-5H3/t16?,18-,19+,21-,22?/m1/s1. The van der Waals surface area contributed by atoms with E-state index in [0.717, 1.165) is 24.8 Å². The fourth-order valence-electron chi connectivity index (χ4n) is 6.12. The molecule has 2 N–H and O–H groups in total. The summed E-state index contributed by atoms with van der Waals surface area (Å²) in [7, 11) is 0. The predicted molar refractivity (Wildman–Crippen MR) is 103 cm³/mol. The highest BCUT2D eigenvalue weighted by Crippen LogP contribution is 2.59. The van der Waals surface area contributed by atoms with Gasteiger partial charge in [-0.25, -0.2) is 0 Å². The summed E-state index contributed by atoms with van der Waals surface area (Å²) in [6.07, 6.45) is 3.51. The molecule has 2 aliphatic carbocycles. The van der Waals surface area contributed by atoms with E-state index in [-0.39, 0.29) is 35.4 Å². The predicted octanol–water partition coefficient (Wildman–Crippen LogP) is 3.37. The third kappa shape index (κ3) is 3.64. The van der Waals surface area contributed by atoms with Gasteiger partial charge in [-0.15, -0.1) is 0 Å². The topological polar surface area (TPSA) is 76.0 Å². The van der Waals surface area contributed by atoms with Gasteiger partial charge in [-0.2, -0.15) is 0 Å². The summed E-state index contributed by atoms with van der Waals surface area (Å²) < 4.78 is 11.1. The van der Waals surface area contributed by atoms with E-state index < -0.39 is 11.7 Å². The second-order valence-corrected chi connectivity index (χ2v) is 9.77. The van der Waals surface area contributed by atoms with Gasteiger partial charge in [0.2, 0.25) is 0 Å². The number of Topliss-reactive ketones (excluding diaryl/α,β-unsaturated/α-hetero) is 1. The first-order valence-electron chi connectivity index (χ1n) is 10.4. The molecule has 3 rings (SSSR count). The lowest BCUT2D eigenvalue weighted by Crippen LogP contribution is -2.55. The first-order valence-corrected chi connectivity index (χ1v) is 10.4. The number of allylic oxidation sites excluding steroid dienone is 1. The van der Waals surface area contributed by atoms with Gasteiger partial charge in [-0.1, -0.05) is 32.8 Å². The maximum Gasteiger partial charge on any atom is 0.187 e. The zero-order valence-corrected chi connectivity index (χ0v) is 17.5. The van der Waals surface area contributed by atoms with Crippen molar-refractivity contribution in [2.75, 3.05) is 13.2 Å². The minimum Gasteiger partial charge on any atom is -0.387 e. The van der Waals surface area contributed by atoms with E-state index in [1.54, 1.807) is 0 Å². The first kappa shape index (κ1) is 21.0. The Balaban J connectivity index is 1.84. The van der Waals surface area contributed by atoms with Crippen LogP contribution in [0.3, 0.4) is 0 Å². The monoisotopic (exact) mass is 380 g/mol. The highest BCUT2D eigenvalue weighted by atomic mass is 16.7. The first-order chi connectivity index (χ1) is 12.5. The Hall–Kier alpha value is -0.750. The number of carbonyl (C=O) groups excluding carboxylic acids is 1. The Morgan fingerprint density at radius 2 is 1.96 bits per heavy atom. The van der Waals surface area contributed by atoms with Crippen LogP contribution in [0.1, 0.15) is 73.1 Å². The van der Waals surface area contributed by atoms with E-state index in [4.69, 9.17) is 9.47 Å². The molecule has 154 valence electrons. The SMILES string of the molecule is CCOC1CC(O)(CCC2=C(C)C(=O)[C@@H](O)[C@H]3C(C)(C)CCC[C@]23C)CO1. The lowest BCUT2D eigenvalue weighted by atomic mass is 9.48. The van der Waals surface area contributed by atoms with E-state index in [9.17, 15) is 15.0 Å². The Morgan fingerprint density at radius 1 is 1.26 bits per heavy atom. The molecular weight excluding hydrogens is 344 g/mol. The number of aliphatic hydroxyl groups is 2. The van der Waals surface area contributed by atoms with E-state index in [0.29, 0.717) is 31.4 Å². The van der Waals surface area contributed by atoms with Gasteiger partial charge in [0.15, 0.2) is 12.1 Å². The third-order valence-electron chi connectivity index (χ3n) is 7.42. The Kier molecular flexibility index (Phi) is 5.63. The summed E-state index contributed by atoms with van der Waals surface area (Å²) >= 11 is 0. The van der Waals surface area contributed by atoms with Gasteiger partial charge in [-0.3, -0.25) is 4.79 Å². The Morgan fingerprint density at radius 3 is 2.63 bits per heavy atom. The molecule has 5 nitrogen and oxygen atoms in total. The van der Waals surface area contributed by atoms with Crippen LogP contribution in [0.5, 0.6) is 0 Å². The van der Waals surface area contributed by atoms with Gasteiger partial charge < -0.3 is 19.7 Å². The molecule has 0 aromatic rings. The van der Waals surface area contributed by atoms with Crippen molar-refractivity contribution < 1.29 is 24.5 Å². The van der Waals surface area contributed by atoms with Gasteiger partial charge in [0.1, 0.15) is 6.10 Å². The Labute approximate surface area is 163 Å². The molecule has 0 radical (unpaired) electrons. The van der Waals surface area contributed by atoms with Crippen molar-refractivity contribution in [3.05, 3.63) is 11.1 Å². The molecule has 2 fully saturated rings. The highest BCUT2D eigenvalue weighted by Gasteiger charge is 2.56. The number of ketones is 1. The maximum atomic E-state index is 12.8. The quantitative estimate of drug-likeness (QED) is 0.765. The van der Waals surface area contributed by atoms with Crippen molar-refractivity contribution in [1.82, 2.24) is 0 Å². The molecule has 27 heavy (non-hydrogen) atoms. The van der Waals surface area contributed by atoms with E-state index in [2.05, 4.69) is 20.8 Å². The zero-order valence-electron chi connectivity index (χ0n) is 17.5. The molecule has 1 saturated carbocycles. The van der Waals surface area contributed by atoms with Crippen LogP contribution in [0.4, 0.5) is 0 Å². The van der Waals surface area contributed by atoms with Crippen LogP contribution in [0, 0.1) is 16.7 Å². The fraction of sp³-hybridized carbons (Fsp3) is 0.864. The summed E-state index contributed by atoms with van der Waals surface area (Å²) in [5.41, 5.74) is 0.629. The number of rotatable bonds is 5. The molecule has 5 atom stereocenters. The van der Waals surface area contributed by atoms with Crippen molar-refractivity contribution in [2.24, 2.45) is 16.7 Å². The molecule has 1 saturated heterocycles. The van der Waals surface area contributed by atoms with Crippen molar-refractivity contribution in [3.63, 3.8) is 0 Å². The largest absolute Gasteiger partial charge is 0.387 e. The molecule has 0 aromatic heterocycles. The maximum absolute atomic E-state index is 12.8. The second-order valence-electron chi connectivity index (χ2n) is 9.77. The fourth-order valence-corrected chi connectivity index (χ4v) is 6.12. The lowest BCUT2D eigenvalue weighted by molar-refractivity contribution is -0.140. The van der Waals surface area contributed by atoms with Crippen LogP contribution >= 0.6 is 0 Å². The molecule has 0 amide bonds. The smallest absolute Gasteiger partial charge is 0.187 e. The zero-order chi connectivity index (χ0) is 20.0. The number of fused-ring (bicyclic) bond motifs is 1. The molecular formula is C22H36O5. The molecule has 0 bridgehead atoms. The minimum atomic E-state index is -0.922. The molecule has 2 unspecified atom stereocenters. The van der Waals surface area contributed by atoms with E-state index in [1.807, 2.05) is 13.8 Å². The summed E-state index contributed by atoms with van der Waals surface area (Å²) in [6.45, 7) is 11.2. The molecule has 1 heterocycles. The molecule has 0 aromatic carbocycles. The average Bonchev–Trinajstić information content (AvgIpc) is 2.93. The summed E-state index contributed by atoms with van der Waals surface area (Å²) in [6, 6.07) is 0. The van der Waals surface area contributed by atoms with Crippen molar-refractivity contribution in [3.8, 4) is 0 Å². The number of aliphatic hydroxyl groups excluding tert-OH is 1. The summed E-state index contributed by atoms with van der Waals surface area (Å²) in [5, 5.41) is 21.8. The van der Waals surface area contributed by atoms with Gasteiger partial charge in [0.25, 0.3) is 0 Å². The molecule has 3 aliphatic rings. The van der Waals surface area contributed by atoms with Gasteiger partial charge >= 0.3 is 0 Å². The molecule has 1 aliphatic heterocycles. The van der Waals surface area contributed by atoms with Gasteiger partial charge in [0.05, 0.1) is 12.2 Å². The Bertz CT molecular complexity index is 624. The number of hydrogen-bond donors (Lipinski definition) is 2. The van der Waals surface area contributed by atoms with Crippen LogP contribution in [-0.4, -0.2) is 47.2 Å². The number of hydrogen-bond acceptors (Lipinski definition) is 5. The van der Waals surface area contributed by atoms with Crippen LogP contribution < -0.4 is 0 Å². The highest BCUT2D eigenvalue weighted by molar-refractivity contribution is 6.00. The summed E-state index contributed by atoms with van der Waals surface area (Å²) in [5.74, 6) is -0.208. The summed E-state index contributed by atoms with van der Waals surface area (Å²) in [4.78, 5) is 12.8.